The maximum absolute atomic E-state index is 12.0. The number of anilines is 2. The molecule has 1 amide bonds. The van der Waals surface area contributed by atoms with Gasteiger partial charge in [0.05, 0.1) is 5.25 Å². The summed E-state index contributed by atoms with van der Waals surface area (Å²) in [6.07, 6.45) is 1.93. The first-order valence-electron chi connectivity index (χ1n) is 8.05. The second-order valence-corrected chi connectivity index (χ2v) is 8.21. The third kappa shape index (κ3) is 4.48. The molecule has 0 aliphatic rings. The SMILES string of the molecule is CCc1cccc(CC)c1Nc1nnc(SC(C)C(=O)N(C)C)s1. The molecule has 0 saturated carbocycles. The quantitative estimate of drug-likeness (QED) is 0.753. The van der Waals surface area contributed by atoms with Gasteiger partial charge < -0.3 is 10.2 Å². The number of benzene rings is 1. The highest BCUT2D eigenvalue weighted by Crippen LogP contribution is 2.33. The Morgan fingerprint density at radius 2 is 1.88 bits per heavy atom. The lowest BCUT2D eigenvalue weighted by molar-refractivity contribution is -0.127. The van der Waals surface area contributed by atoms with Gasteiger partial charge in [0.2, 0.25) is 11.0 Å². The Morgan fingerprint density at radius 1 is 1.25 bits per heavy atom. The number of thioether (sulfide) groups is 1. The Balaban J connectivity index is 2.14. The number of amides is 1. The van der Waals surface area contributed by atoms with Crippen LogP contribution in [0.2, 0.25) is 0 Å². The Kier molecular flexibility index (Phi) is 6.62. The summed E-state index contributed by atoms with van der Waals surface area (Å²) >= 11 is 2.93. The van der Waals surface area contributed by atoms with Gasteiger partial charge in [-0.2, -0.15) is 0 Å². The van der Waals surface area contributed by atoms with Gasteiger partial charge in [-0.05, 0) is 30.9 Å². The molecule has 0 spiro atoms. The largest absolute Gasteiger partial charge is 0.348 e. The first kappa shape index (κ1) is 18.7. The fraction of sp³-hybridized carbons (Fsp3) is 0.471. The van der Waals surface area contributed by atoms with Crippen LogP contribution < -0.4 is 5.32 Å². The fourth-order valence-corrected chi connectivity index (χ4v) is 4.43. The van der Waals surface area contributed by atoms with Crippen LogP contribution in [0.25, 0.3) is 0 Å². The number of rotatable bonds is 7. The molecule has 1 atom stereocenters. The van der Waals surface area contributed by atoms with Crippen molar-refractivity contribution in [2.45, 2.75) is 43.2 Å². The van der Waals surface area contributed by atoms with E-state index >= 15 is 0 Å². The number of nitrogens with one attached hydrogen (secondary N) is 1. The Morgan fingerprint density at radius 3 is 2.42 bits per heavy atom. The molecular formula is C17H24N4OS2. The number of carbonyl (C=O) groups excluding carboxylic acids is 1. The first-order valence-corrected chi connectivity index (χ1v) is 9.74. The van der Waals surface area contributed by atoms with Crippen LogP contribution >= 0.6 is 23.1 Å². The molecule has 0 radical (unpaired) electrons. The standard InChI is InChI=1S/C17H24N4OS2/c1-6-12-9-8-10-13(7-2)14(12)18-16-19-20-17(24-16)23-11(3)15(22)21(4)5/h8-11H,6-7H2,1-5H3,(H,18,19). The second kappa shape index (κ2) is 8.48. The number of hydrogen-bond donors (Lipinski definition) is 1. The van der Waals surface area contributed by atoms with Crippen molar-refractivity contribution in [1.29, 1.82) is 0 Å². The van der Waals surface area contributed by atoms with Gasteiger partial charge in [0.25, 0.3) is 0 Å². The average Bonchev–Trinajstić information content (AvgIpc) is 3.01. The maximum Gasteiger partial charge on any atom is 0.235 e. The predicted octanol–water partition coefficient (Wildman–Crippen LogP) is 3.98. The number of aromatic nitrogens is 2. The summed E-state index contributed by atoms with van der Waals surface area (Å²) < 4.78 is 0.798. The molecule has 130 valence electrons. The Bertz CT molecular complexity index is 677. The smallest absolute Gasteiger partial charge is 0.235 e. The first-order chi connectivity index (χ1) is 11.5. The molecule has 1 unspecified atom stereocenters. The summed E-state index contributed by atoms with van der Waals surface area (Å²) in [6, 6.07) is 6.37. The Labute approximate surface area is 151 Å². The third-order valence-electron chi connectivity index (χ3n) is 3.70. The zero-order valence-corrected chi connectivity index (χ0v) is 16.4. The van der Waals surface area contributed by atoms with Crippen LogP contribution in [0.1, 0.15) is 31.9 Å². The van der Waals surface area contributed by atoms with E-state index in [4.69, 9.17) is 0 Å². The van der Waals surface area contributed by atoms with Crippen molar-refractivity contribution in [3.63, 3.8) is 0 Å². The normalized spacial score (nSPS) is 12.0. The summed E-state index contributed by atoms with van der Waals surface area (Å²) in [5.74, 6) is 0.0781. The molecule has 1 aromatic carbocycles. The predicted molar refractivity (Wildman–Crippen MR) is 102 cm³/mol. The van der Waals surface area contributed by atoms with Gasteiger partial charge in [-0.1, -0.05) is 55.1 Å². The fourth-order valence-electron chi connectivity index (χ4n) is 2.38. The van der Waals surface area contributed by atoms with Crippen LogP contribution in [0, 0.1) is 0 Å². The molecule has 0 aliphatic carbocycles. The minimum Gasteiger partial charge on any atom is -0.348 e. The van der Waals surface area contributed by atoms with Crippen LogP contribution in [0.5, 0.6) is 0 Å². The summed E-state index contributed by atoms with van der Waals surface area (Å²) in [4.78, 5) is 13.6. The van der Waals surface area contributed by atoms with E-state index in [9.17, 15) is 4.79 Å². The summed E-state index contributed by atoms with van der Waals surface area (Å²) in [6.45, 7) is 6.19. The number of nitrogens with zero attached hydrogens (tertiary/aromatic N) is 3. The molecule has 0 aliphatic heterocycles. The molecule has 2 rings (SSSR count). The van der Waals surface area contributed by atoms with Gasteiger partial charge in [-0.3, -0.25) is 4.79 Å². The molecule has 1 heterocycles. The van der Waals surface area contributed by atoms with Gasteiger partial charge in [-0.15, -0.1) is 10.2 Å². The molecule has 1 N–H and O–H groups in total. The van der Waals surface area contributed by atoms with E-state index in [1.165, 1.54) is 34.2 Å². The number of para-hydroxylation sites is 1. The number of hydrogen-bond acceptors (Lipinski definition) is 6. The van der Waals surface area contributed by atoms with E-state index in [0.717, 1.165) is 28.0 Å². The topological polar surface area (TPSA) is 58.1 Å². The van der Waals surface area contributed by atoms with Crippen molar-refractivity contribution in [2.24, 2.45) is 0 Å². The zero-order chi connectivity index (χ0) is 17.7. The van der Waals surface area contributed by atoms with E-state index in [1.807, 2.05) is 6.92 Å². The molecule has 5 nitrogen and oxygen atoms in total. The molecule has 2 aromatic rings. The average molecular weight is 365 g/mol. The van der Waals surface area contributed by atoms with Crippen molar-refractivity contribution in [1.82, 2.24) is 15.1 Å². The van der Waals surface area contributed by atoms with Crippen molar-refractivity contribution in [3.05, 3.63) is 29.3 Å². The summed E-state index contributed by atoms with van der Waals surface area (Å²) in [5.41, 5.74) is 3.68. The molecular weight excluding hydrogens is 340 g/mol. The van der Waals surface area contributed by atoms with Crippen LogP contribution in [-0.4, -0.2) is 40.3 Å². The van der Waals surface area contributed by atoms with Crippen LogP contribution in [-0.2, 0) is 17.6 Å². The maximum atomic E-state index is 12.0. The van der Waals surface area contributed by atoms with Crippen LogP contribution in [0.15, 0.2) is 22.5 Å². The van der Waals surface area contributed by atoms with Crippen molar-refractivity contribution >= 4 is 39.8 Å². The van der Waals surface area contributed by atoms with Gasteiger partial charge >= 0.3 is 0 Å². The molecule has 0 bridgehead atoms. The molecule has 1 aromatic heterocycles. The van der Waals surface area contributed by atoms with E-state index in [0.29, 0.717) is 0 Å². The van der Waals surface area contributed by atoms with Gasteiger partial charge in [0, 0.05) is 19.8 Å². The highest BCUT2D eigenvalue weighted by atomic mass is 32.2. The summed E-state index contributed by atoms with van der Waals surface area (Å²) in [7, 11) is 3.53. The highest BCUT2D eigenvalue weighted by molar-refractivity contribution is 8.02. The van der Waals surface area contributed by atoms with Gasteiger partial charge in [-0.25, -0.2) is 0 Å². The Hall–Kier alpha value is -1.60. The lowest BCUT2D eigenvalue weighted by Crippen LogP contribution is -2.29. The van der Waals surface area contributed by atoms with E-state index in [1.54, 1.807) is 19.0 Å². The van der Waals surface area contributed by atoms with Crippen LogP contribution in [0.3, 0.4) is 0 Å². The van der Waals surface area contributed by atoms with Crippen molar-refractivity contribution < 1.29 is 4.79 Å². The van der Waals surface area contributed by atoms with Crippen molar-refractivity contribution in [2.75, 3.05) is 19.4 Å². The van der Waals surface area contributed by atoms with Gasteiger partial charge in [0.15, 0.2) is 4.34 Å². The highest BCUT2D eigenvalue weighted by Gasteiger charge is 2.19. The lowest BCUT2D eigenvalue weighted by Gasteiger charge is -2.14. The third-order valence-corrected chi connectivity index (χ3v) is 5.71. The van der Waals surface area contributed by atoms with E-state index < -0.39 is 0 Å². The number of aryl methyl sites for hydroxylation is 2. The molecule has 0 fully saturated rings. The van der Waals surface area contributed by atoms with E-state index in [-0.39, 0.29) is 11.2 Å². The lowest BCUT2D eigenvalue weighted by atomic mass is 10.0. The zero-order valence-electron chi connectivity index (χ0n) is 14.8. The molecule has 7 heteroatoms. The van der Waals surface area contributed by atoms with E-state index in [2.05, 4.69) is 47.6 Å². The molecule has 24 heavy (non-hydrogen) atoms. The van der Waals surface area contributed by atoms with Crippen molar-refractivity contribution in [3.8, 4) is 0 Å². The minimum absolute atomic E-state index is 0.0781. The van der Waals surface area contributed by atoms with Crippen LogP contribution in [0.4, 0.5) is 10.8 Å². The molecule has 0 saturated heterocycles. The monoisotopic (exact) mass is 364 g/mol. The second-order valence-electron chi connectivity index (χ2n) is 5.65. The number of carbonyl (C=O) groups is 1. The summed E-state index contributed by atoms with van der Waals surface area (Å²) in [5, 5.41) is 12.4. The van der Waals surface area contributed by atoms with Gasteiger partial charge in [0.1, 0.15) is 0 Å². The minimum atomic E-state index is -0.171.